The van der Waals surface area contributed by atoms with Gasteiger partial charge in [-0.25, -0.2) is 4.79 Å². The summed E-state index contributed by atoms with van der Waals surface area (Å²) in [6.07, 6.45) is 2.44. The van der Waals surface area contributed by atoms with E-state index in [-0.39, 0.29) is 55.2 Å². The molecule has 0 unspecified atom stereocenters. The predicted octanol–water partition coefficient (Wildman–Crippen LogP) is 0.732. The lowest BCUT2D eigenvalue weighted by atomic mass is 9.97. The fourth-order valence-corrected chi connectivity index (χ4v) is 3.83. The van der Waals surface area contributed by atoms with Gasteiger partial charge in [0, 0.05) is 13.0 Å². The topological polar surface area (TPSA) is 220 Å². The number of rotatable bonds is 18. The van der Waals surface area contributed by atoms with Gasteiger partial charge in [0.25, 0.3) is 5.91 Å². The molecule has 1 aromatic carbocycles. The number of benzene rings is 1. The molecule has 0 radical (unpaired) electrons. The summed E-state index contributed by atoms with van der Waals surface area (Å²) in [5, 5.41) is 39.2. The second kappa shape index (κ2) is 17.7. The smallest absolute Gasteiger partial charge is 0.326 e. The first kappa shape index (κ1) is 34.2. The summed E-state index contributed by atoms with van der Waals surface area (Å²) in [5.41, 5.74) is 5.36. The predicted molar refractivity (Wildman–Crippen MR) is 147 cm³/mol. The zero-order chi connectivity index (χ0) is 30.2. The summed E-state index contributed by atoms with van der Waals surface area (Å²) in [5.74, 6) is -4.24. The van der Waals surface area contributed by atoms with E-state index in [0.717, 1.165) is 12.1 Å². The van der Waals surface area contributed by atoms with Gasteiger partial charge in [-0.2, -0.15) is 0 Å². The van der Waals surface area contributed by atoms with Crippen LogP contribution in [0.3, 0.4) is 0 Å². The minimum Gasteiger partial charge on any atom is -0.508 e. The van der Waals surface area contributed by atoms with Crippen molar-refractivity contribution in [2.45, 2.75) is 83.8 Å². The van der Waals surface area contributed by atoms with E-state index < -0.39 is 47.7 Å². The van der Waals surface area contributed by atoms with Gasteiger partial charge in [-0.3, -0.25) is 19.2 Å². The monoisotopic (exact) mass is 565 g/mol. The van der Waals surface area contributed by atoms with Crippen LogP contribution in [0.4, 0.5) is 0 Å². The Morgan fingerprint density at radius 2 is 1.60 bits per heavy atom. The Bertz CT molecular complexity index is 1020. The number of hydrogen-bond donors (Lipinski definition) is 8. The number of carbonyl (C=O) groups is 5. The highest BCUT2D eigenvalue weighted by atomic mass is 16.4. The first-order valence-corrected chi connectivity index (χ1v) is 13.6. The number of phenolic OH excluding ortho intramolecular Hbond substituents is 2. The summed E-state index contributed by atoms with van der Waals surface area (Å²) in [6.45, 7) is 5.82. The van der Waals surface area contributed by atoms with Gasteiger partial charge in [0.1, 0.15) is 29.6 Å². The molecule has 0 saturated carbocycles. The quantitative estimate of drug-likeness (QED) is 0.0927. The van der Waals surface area contributed by atoms with Crippen LogP contribution >= 0.6 is 0 Å². The highest BCUT2D eigenvalue weighted by Gasteiger charge is 2.30. The van der Waals surface area contributed by atoms with Crippen LogP contribution in [0.15, 0.2) is 18.2 Å². The molecule has 224 valence electrons. The molecule has 0 aromatic heterocycles. The number of aromatic hydroxyl groups is 2. The molecule has 0 aliphatic rings. The Labute approximate surface area is 234 Å². The van der Waals surface area contributed by atoms with Crippen LogP contribution in [0.5, 0.6) is 11.5 Å². The maximum absolute atomic E-state index is 13.2. The lowest BCUT2D eigenvalue weighted by Gasteiger charge is -2.26. The van der Waals surface area contributed by atoms with Gasteiger partial charge >= 0.3 is 5.97 Å². The van der Waals surface area contributed by atoms with Gasteiger partial charge in [-0.1, -0.05) is 27.2 Å². The van der Waals surface area contributed by atoms with Crippen molar-refractivity contribution in [2.75, 3.05) is 13.1 Å². The van der Waals surface area contributed by atoms with Gasteiger partial charge < -0.3 is 42.3 Å². The van der Waals surface area contributed by atoms with E-state index in [1.54, 1.807) is 13.8 Å². The lowest BCUT2D eigenvalue weighted by Crippen LogP contribution is -2.55. The van der Waals surface area contributed by atoms with Crippen LogP contribution in [-0.2, 0) is 19.2 Å². The summed E-state index contributed by atoms with van der Waals surface area (Å²) >= 11 is 0. The molecule has 0 fully saturated rings. The number of amides is 4. The van der Waals surface area contributed by atoms with Gasteiger partial charge in [-0.05, 0) is 62.8 Å². The lowest BCUT2D eigenvalue weighted by molar-refractivity contribution is -0.141. The van der Waals surface area contributed by atoms with E-state index in [1.165, 1.54) is 6.07 Å². The normalized spacial score (nSPS) is 13.8. The first-order valence-electron chi connectivity index (χ1n) is 13.6. The van der Waals surface area contributed by atoms with Crippen molar-refractivity contribution in [1.82, 2.24) is 21.3 Å². The number of carboxylic acids is 1. The van der Waals surface area contributed by atoms with Crippen molar-refractivity contribution in [2.24, 2.45) is 11.7 Å². The maximum atomic E-state index is 13.2. The number of unbranched alkanes of at least 4 members (excludes halogenated alkanes) is 1. The van der Waals surface area contributed by atoms with Crippen LogP contribution in [0.25, 0.3) is 0 Å². The molecule has 13 nitrogen and oxygen atoms in total. The van der Waals surface area contributed by atoms with E-state index in [2.05, 4.69) is 21.3 Å². The Balaban J connectivity index is 2.85. The molecule has 13 heteroatoms. The van der Waals surface area contributed by atoms with Crippen LogP contribution < -0.4 is 27.0 Å². The molecule has 0 spiro atoms. The molecule has 9 N–H and O–H groups in total. The summed E-state index contributed by atoms with van der Waals surface area (Å²) in [7, 11) is 0. The van der Waals surface area contributed by atoms with Crippen LogP contribution in [0.2, 0.25) is 0 Å². The SMILES string of the molecule is CC[C@H](NC(=O)CCCNC(=O)[C@@H](NC(=O)[C@H](CCCCN)NC(=O)c1cc(O)ccc1O)[C@@H](C)CC)C(=O)O. The summed E-state index contributed by atoms with van der Waals surface area (Å²) < 4.78 is 0. The zero-order valence-electron chi connectivity index (χ0n) is 23.4. The Hall–Kier alpha value is -3.87. The van der Waals surface area contributed by atoms with E-state index in [0.29, 0.717) is 25.8 Å². The number of nitrogens with one attached hydrogen (secondary N) is 4. The third-order valence-electron chi connectivity index (χ3n) is 6.51. The van der Waals surface area contributed by atoms with Gasteiger partial charge in [0.2, 0.25) is 17.7 Å². The second-order valence-corrected chi connectivity index (χ2v) is 9.64. The number of carboxylic acid groups (broad SMARTS) is 1. The molecule has 40 heavy (non-hydrogen) atoms. The minimum absolute atomic E-state index is 0.0154. The van der Waals surface area contributed by atoms with Gasteiger partial charge in [0.15, 0.2) is 0 Å². The van der Waals surface area contributed by atoms with E-state index in [9.17, 15) is 34.2 Å². The molecule has 1 aromatic rings. The van der Waals surface area contributed by atoms with Crippen LogP contribution in [0.1, 0.15) is 76.1 Å². The van der Waals surface area contributed by atoms with Crippen molar-refractivity contribution in [1.29, 1.82) is 0 Å². The zero-order valence-corrected chi connectivity index (χ0v) is 23.4. The Morgan fingerprint density at radius 3 is 2.20 bits per heavy atom. The third kappa shape index (κ3) is 11.5. The highest BCUT2D eigenvalue weighted by Crippen LogP contribution is 2.22. The molecule has 0 saturated heterocycles. The molecule has 0 bridgehead atoms. The average Bonchev–Trinajstić information content (AvgIpc) is 2.92. The number of aliphatic carboxylic acids is 1. The van der Waals surface area contributed by atoms with E-state index in [1.807, 2.05) is 6.92 Å². The average molecular weight is 566 g/mol. The first-order chi connectivity index (χ1) is 18.9. The second-order valence-electron chi connectivity index (χ2n) is 9.64. The fourth-order valence-electron chi connectivity index (χ4n) is 3.83. The molecule has 1 rings (SSSR count). The third-order valence-corrected chi connectivity index (χ3v) is 6.51. The van der Waals surface area contributed by atoms with Crippen molar-refractivity contribution < 1.29 is 39.3 Å². The Kier molecular flexibility index (Phi) is 15.1. The number of carbonyl (C=O) groups excluding carboxylic acids is 4. The maximum Gasteiger partial charge on any atom is 0.326 e. The fraction of sp³-hybridized carbons (Fsp3) is 0.593. The number of nitrogens with two attached hydrogens (primary N) is 1. The van der Waals surface area contributed by atoms with Crippen molar-refractivity contribution >= 4 is 29.6 Å². The summed E-state index contributed by atoms with van der Waals surface area (Å²) in [4.78, 5) is 62.1. The highest BCUT2D eigenvalue weighted by molar-refractivity contribution is 6.00. The summed E-state index contributed by atoms with van der Waals surface area (Å²) in [6, 6.07) is 0.531. The van der Waals surface area contributed by atoms with E-state index in [4.69, 9.17) is 10.8 Å². The van der Waals surface area contributed by atoms with Gasteiger partial charge in [-0.15, -0.1) is 0 Å². The molecule has 4 amide bonds. The van der Waals surface area contributed by atoms with Crippen LogP contribution in [0, 0.1) is 5.92 Å². The van der Waals surface area contributed by atoms with E-state index >= 15 is 0 Å². The van der Waals surface area contributed by atoms with Crippen molar-refractivity contribution in [3.8, 4) is 11.5 Å². The van der Waals surface area contributed by atoms with Crippen molar-refractivity contribution in [3.05, 3.63) is 23.8 Å². The number of phenols is 2. The van der Waals surface area contributed by atoms with Gasteiger partial charge in [0.05, 0.1) is 5.56 Å². The molecule has 0 aliphatic carbocycles. The molecule has 0 aliphatic heterocycles. The minimum atomic E-state index is -1.12. The molecular formula is C27H43N5O8. The van der Waals surface area contributed by atoms with Crippen molar-refractivity contribution in [3.63, 3.8) is 0 Å². The molecule has 4 atom stereocenters. The standard InChI is InChI=1S/C27H43N5O8/c1-4-16(3)23(26(38)29-14-8-10-22(35)30-19(5-2)27(39)40)32-25(37)20(9-6-7-13-28)31-24(36)18-15-17(33)11-12-21(18)34/h11-12,15-16,19-20,23,33-34H,4-10,13-14,28H2,1-3H3,(H,29,38)(H,30,35)(H,31,36)(H,32,37)(H,39,40)/t16-,19-,20-,23-/m0/s1. The number of hydrogen-bond acceptors (Lipinski definition) is 8. The molecular weight excluding hydrogens is 522 g/mol. The Morgan fingerprint density at radius 1 is 0.900 bits per heavy atom. The largest absolute Gasteiger partial charge is 0.508 e. The molecule has 0 heterocycles. The van der Waals surface area contributed by atoms with Crippen LogP contribution in [-0.4, -0.2) is 76.1 Å².